The van der Waals surface area contributed by atoms with Gasteiger partial charge in [-0.15, -0.1) is 0 Å². The van der Waals surface area contributed by atoms with E-state index in [1.165, 1.54) is 0 Å². The molecule has 0 aliphatic heterocycles. The van der Waals surface area contributed by atoms with Crippen LogP contribution in [-0.4, -0.2) is 19.5 Å². The number of aromatic amines is 2. The van der Waals surface area contributed by atoms with E-state index in [9.17, 15) is 14.4 Å². The molecule has 1 aromatic rings. The van der Waals surface area contributed by atoms with Gasteiger partial charge >= 0.3 is 5.69 Å². The van der Waals surface area contributed by atoms with Crippen LogP contribution in [0.15, 0.2) is 15.8 Å². The molecule has 1 aromatic heterocycles. The lowest BCUT2D eigenvalue weighted by molar-refractivity contribution is 0.0994. The molecule has 0 aliphatic carbocycles. The van der Waals surface area contributed by atoms with Crippen molar-refractivity contribution in [3.8, 4) is 0 Å². The van der Waals surface area contributed by atoms with Gasteiger partial charge in [-0.05, 0) is 0 Å². The highest BCUT2D eigenvalue weighted by molar-refractivity contribution is 6.77. The molecule has 0 saturated heterocycles. The summed E-state index contributed by atoms with van der Waals surface area (Å²) >= 11 is 15.8. The molecule has 5 nitrogen and oxygen atoms in total. The third-order valence-corrected chi connectivity index (χ3v) is 1.84. The van der Waals surface area contributed by atoms with Gasteiger partial charge in [-0.1, -0.05) is 34.8 Å². The third kappa shape index (κ3) is 2.37. The molecular formula is C6H3Cl3N2O3. The molecule has 0 bridgehead atoms. The van der Waals surface area contributed by atoms with Crippen molar-refractivity contribution in [2.45, 2.75) is 3.79 Å². The minimum absolute atomic E-state index is 0.412. The van der Waals surface area contributed by atoms with E-state index in [-0.39, 0.29) is 0 Å². The first-order valence-corrected chi connectivity index (χ1v) is 4.39. The summed E-state index contributed by atoms with van der Waals surface area (Å²) in [6, 6.07) is 0. The van der Waals surface area contributed by atoms with Crippen molar-refractivity contribution < 1.29 is 4.79 Å². The summed E-state index contributed by atoms with van der Waals surface area (Å²) in [6.45, 7) is 0. The van der Waals surface area contributed by atoms with Gasteiger partial charge in [-0.25, -0.2) is 4.79 Å². The summed E-state index contributed by atoms with van der Waals surface area (Å²) in [7, 11) is 0. The Morgan fingerprint density at radius 1 is 1.29 bits per heavy atom. The maximum absolute atomic E-state index is 11.3. The van der Waals surface area contributed by atoms with Crippen molar-refractivity contribution in [3.05, 3.63) is 32.6 Å². The average Bonchev–Trinajstić information content (AvgIpc) is 2.01. The Morgan fingerprint density at radius 3 is 2.29 bits per heavy atom. The van der Waals surface area contributed by atoms with Gasteiger partial charge in [0.25, 0.3) is 9.35 Å². The van der Waals surface area contributed by atoms with Gasteiger partial charge in [0.1, 0.15) is 5.56 Å². The van der Waals surface area contributed by atoms with Crippen molar-refractivity contribution in [1.82, 2.24) is 9.97 Å². The quantitative estimate of drug-likeness (QED) is 0.571. The van der Waals surface area contributed by atoms with Crippen LogP contribution >= 0.6 is 34.8 Å². The van der Waals surface area contributed by atoms with E-state index in [2.05, 4.69) is 4.98 Å². The maximum atomic E-state index is 11.3. The molecule has 0 aliphatic rings. The van der Waals surface area contributed by atoms with Crippen LogP contribution in [0.5, 0.6) is 0 Å². The van der Waals surface area contributed by atoms with Crippen LogP contribution in [0.3, 0.4) is 0 Å². The number of carbonyl (C=O) groups is 1. The molecule has 0 saturated carbocycles. The Kier molecular flexibility index (Phi) is 3.04. The molecule has 0 unspecified atom stereocenters. The SMILES string of the molecule is O=C(c1c[nH]c(=O)[nH]c1=O)C(Cl)(Cl)Cl. The van der Waals surface area contributed by atoms with Gasteiger partial charge in [0.05, 0.1) is 0 Å². The van der Waals surface area contributed by atoms with Gasteiger partial charge in [0, 0.05) is 6.20 Å². The zero-order valence-electron chi connectivity index (χ0n) is 6.44. The van der Waals surface area contributed by atoms with E-state index in [0.717, 1.165) is 6.20 Å². The molecule has 0 fully saturated rings. The van der Waals surface area contributed by atoms with Crippen molar-refractivity contribution in [1.29, 1.82) is 0 Å². The van der Waals surface area contributed by atoms with Crippen molar-refractivity contribution in [2.24, 2.45) is 0 Å². The molecule has 0 amide bonds. The summed E-state index contributed by atoms with van der Waals surface area (Å²) < 4.78 is -2.22. The lowest BCUT2D eigenvalue weighted by Gasteiger charge is -2.07. The number of halogens is 3. The fourth-order valence-corrected chi connectivity index (χ4v) is 1.04. The summed E-state index contributed by atoms with van der Waals surface area (Å²) in [5, 5.41) is 0. The molecule has 76 valence electrons. The average molecular weight is 257 g/mol. The van der Waals surface area contributed by atoms with E-state index in [0.29, 0.717) is 0 Å². The number of Topliss-reactive ketones (excluding diaryl/α,β-unsaturated/α-hetero) is 1. The topological polar surface area (TPSA) is 82.8 Å². The number of ketones is 1. The van der Waals surface area contributed by atoms with Crippen LogP contribution in [0.1, 0.15) is 10.4 Å². The number of H-pyrrole nitrogens is 2. The molecule has 1 heterocycles. The van der Waals surface area contributed by atoms with Crippen LogP contribution in [-0.2, 0) is 0 Å². The largest absolute Gasteiger partial charge is 0.325 e. The van der Waals surface area contributed by atoms with E-state index in [1.54, 1.807) is 0 Å². The molecule has 0 aromatic carbocycles. The number of hydrogen-bond acceptors (Lipinski definition) is 3. The molecule has 2 N–H and O–H groups in total. The van der Waals surface area contributed by atoms with Crippen LogP contribution < -0.4 is 11.2 Å². The summed E-state index contributed by atoms with van der Waals surface area (Å²) in [5.41, 5.74) is -2.05. The van der Waals surface area contributed by atoms with Crippen molar-refractivity contribution in [2.75, 3.05) is 0 Å². The Morgan fingerprint density at radius 2 is 1.86 bits per heavy atom. The van der Waals surface area contributed by atoms with Crippen LogP contribution in [0, 0.1) is 0 Å². The van der Waals surface area contributed by atoms with Crippen molar-refractivity contribution >= 4 is 40.6 Å². The summed E-state index contributed by atoms with van der Waals surface area (Å²) in [4.78, 5) is 36.8. The zero-order chi connectivity index (χ0) is 10.9. The number of hydrogen-bond donors (Lipinski definition) is 2. The first-order valence-electron chi connectivity index (χ1n) is 3.26. The van der Waals surface area contributed by atoms with Crippen LogP contribution in [0.25, 0.3) is 0 Å². The molecule has 14 heavy (non-hydrogen) atoms. The Hall–Kier alpha value is -0.780. The van der Waals surface area contributed by atoms with Gasteiger partial charge in [0.2, 0.25) is 5.78 Å². The van der Waals surface area contributed by atoms with Gasteiger partial charge in [0.15, 0.2) is 0 Å². The van der Waals surface area contributed by atoms with Crippen molar-refractivity contribution in [3.63, 3.8) is 0 Å². The van der Waals surface area contributed by atoms with E-state index in [4.69, 9.17) is 34.8 Å². The molecule has 1 rings (SSSR count). The predicted molar refractivity (Wildman–Crippen MR) is 52.3 cm³/mol. The van der Waals surface area contributed by atoms with E-state index in [1.807, 2.05) is 4.98 Å². The number of rotatable bonds is 1. The number of aromatic nitrogens is 2. The highest BCUT2D eigenvalue weighted by Crippen LogP contribution is 2.28. The number of carbonyl (C=O) groups excluding carboxylic acids is 1. The maximum Gasteiger partial charge on any atom is 0.325 e. The van der Waals surface area contributed by atoms with Gasteiger partial charge in [-0.2, -0.15) is 0 Å². The number of nitrogens with one attached hydrogen (secondary N) is 2. The lowest BCUT2D eigenvalue weighted by Crippen LogP contribution is -2.31. The first kappa shape index (κ1) is 11.3. The molecule has 0 spiro atoms. The highest BCUT2D eigenvalue weighted by Gasteiger charge is 2.33. The zero-order valence-corrected chi connectivity index (χ0v) is 8.70. The molecular weight excluding hydrogens is 254 g/mol. The normalized spacial score (nSPS) is 11.4. The van der Waals surface area contributed by atoms with Crippen LogP contribution in [0.2, 0.25) is 0 Å². The third-order valence-electron chi connectivity index (χ3n) is 1.32. The molecule has 8 heteroatoms. The molecule has 0 radical (unpaired) electrons. The van der Waals surface area contributed by atoms with Gasteiger partial charge in [-0.3, -0.25) is 14.6 Å². The fourth-order valence-electron chi connectivity index (χ4n) is 0.731. The Balaban J connectivity index is 3.29. The van der Waals surface area contributed by atoms with Crippen LogP contribution in [0.4, 0.5) is 0 Å². The minimum atomic E-state index is -2.22. The van der Waals surface area contributed by atoms with Gasteiger partial charge < -0.3 is 4.98 Å². The minimum Gasteiger partial charge on any atom is -0.313 e. The first-order chi connectivity index (χ1) is 6.32. The summed E-state index contributed by atoms with van der Waals surface area (Å²) in [6.07, 6.45) is 0.894. The predicted octanol–water partition coefficient (Wildman–Crippen LogP) is 0.616. The monoisotopic (exact) mass is 256 g/mol. The molecule has 0 atom stereocenters. The standard InChI is InChI=1S/C6H3Cl3N2O3/c7-6(8,9)3(12)2-1-10-5(14)11-4(2)13/h1H,(H2,10,11,13,14). The summed E-state index contributed by atoms with van der Waals surface area (Å²) in [5.74, 6) is -1.000. The highest BCUT2D eigenvalue weighted by atomic mass is 35.6. The lowest BCUT2D eigenvalue weighted by atomic mass is 10.2. The Bertz CT molecular complexity index is 470. The number of alkyl halides is 3. The van der Waals surface area contributed by atoms with E-state index >= 15 is 0 Å². The second-order valence-electron chi connectivity index (χ2n) is 2.31. The second kappa shape index (κ2) is 3.76. The smallest absolute Gasteiger partial charge is 0.313 e. The Labute approximate surface area is 92.0 Å². The fraction of sp³-hybridized carbons (Fsp3) is 0.167. The van der Waals surface area contributed by atoms with E-state index < -0.39 is 26.4 Å². The second-order valence-corrected chi connectivity index (χ2v) is 4.59.